The van der Waals surface area contributed by atoms with E-state index in [0.717, 1.165) is 13.1 Å². The summed E-state index contributed by atoms with van der Waals surface area (Å²) in [4.78, 5) is 0. The van der Waals surface area contributed by atoms with Crippen LogP contribution in [0.3, 0.4) is 0 Å². The van der Waals surface area contributed by atoms with E-state index in [1.807, 2.05) is 4.68 Å². The number of aromatic nitrogens is 2. The summed E-state index contributed by atoms with van der Waals surface area (Å²) in [7, 11) is 0. The number of nitrogens with one attached hydrogen (secondary N) is 1. The normalized spacial score (nSPS) is 14.1. The molecule has 0 saturated heterocycles. The quantitative estimate of drug-likeness (QED) is 0.786. The molecule has 82 valence electrons. The van der Waals surface area contributed by atoms with Gasteiger partial charge in [-0.3, -0.25) is 0 Å². The van der Waals surface area contributed by atoms with E-state index in [1.54, 1.807) is 0 Å². The molecule has 0 spiro atoms. The Morgan fingerprint density at radius 2 is 2.12 bits per heavy atom. The van der Waals surface area contributed by atoms with Gasteiger partial charge in [-0.2, -0.15) is 5.10 Å². The highest BCUT2D eigenvalue weighted by molar-refractivity contribution is 5.43. The molecular weight excluding hydrogens is 198 g/mol. The van der Waals surface area contributed by atoms with Crippen LogP contribution in [0.1, 0.15) is 22.4 Å². The number of fused-ring (bicyclic) bond motifs is 1. The number of hydrogen-bond donors (Lipinski definition) is 1. The SMILES string of the molecule is Cc1ccc(C)c(-n2cc3c(n2)CNC3)c1. The van der Waals surface area contributed by atoms with Gasteiger partial charge in [-0.05, 0) is 31.0 Å². The lowest BCUT2D eigenvalue weighted by atomic mass is 10.1. The summed E-state index contributed by atoms with van der Waals surface area (Å²) < 4.78 is 2.01. The molecular formula is C13H15N3. The van der Waals surface area contributed by atoms with Gasteiger partial charge < -0.3 is 5.32 Å². The van der Waals surface area contributed by atoms with Crippen molar-refractivity contribution in [1.82, 2.24) is 15.1 Å². The average molecular weight is 213 g/mol. The van der Waals surface area contributed by atoms with E-state index in [4.69, 9.17) is 0 Å². The maximum Gasteiger partial charge on any atom is 0.0811 e. The van der Waals surface area contributed by atoms with Crippen molar-refractivity contribution < 1.29 is 0 Å². The Balaban J connectivity index is 2.11. The number of hydrogen-bond acceptors (Lipinski definition) is 2. The minimum atomic E-state index is 0.896. The molecule has 3 nitrogen and oxygen atoms in total. The molecule has 1 aromatic carbocycles. The van der Waals surface area contributed by atoms with Gasteiger partial charge in [-0.15, -0.1) is 0 Å². The minimum absolute atomic E-state index is 0.896. The van der Waals surface area contributed by atoms with E-state index in [-0.39, 0.29) is 0 Å². The van der Waals surface area contributed by atoms with Gasteiger partial charge in [0.05, 0.1) is 11.4 Å². The van der Waals surface area contributed by atoms with Crippen LogP contribution in [0.25, 0.3) is 5.69 Å². The Kier molecular flexibility index (Phi) is 2.07. The molecule has 1 N–H and O–H groups in total. The monoisotopic (exact) mass is 213 g/mol. The maximum atomic E-state index is 4.62. The van der Waals surface area contributed by atoms with E-state index in [0.29, 0.717) is 0 Å². The molecule has 0 unspecified atom stereocenters. The Bertz CT molecular complexity index is 519. The predicted molar refractivity (Wildman–Crippen MR) is 63.6 cm³/mol. The first-order chi connectivity index (χ1) is 7.74. The summed E-state index contributed by atoms with van der Waals surface area (Å²) in [6, 6.07) is 6.47. The zero-order chi connectivity index (χ0) is 11.1. The molecule has 16 heavy (non-hydrogen) atoms. The minimum Gasteiger partial charge on any atom is -0.307 e. The fourth-order valence-electron chi connectivity index (χ4n) is 2.15. The van der Waals surface area contributed by atoms with E-state index < -0.39 is 0 Å². The van der Waals surface area contributed by atoms with E-state index in [2.05, 4.69) is 48.7 Å². The number of nitrogens with zero attached hydrogens (tertiary/aromatic N) is 2. The van der Waals surface area contributed by atoms with E-state index >= 15 is 0 Å². The molecule has 0 radical (unpaired) electrons. The molecule has 1 aliphatic heterocycles. The van der Waals surface area contributed by atoms with Crippen molar-refractivity contribution in [2.24, 2.45) is 0 Å². The molecule has 3 rings (SSSR count). The number of benzene rings is 1. The third-order valence-corrected chi connectivity index (χ3v) is 3.10. The van der Waals surface area contributed by atoms with Crippen LogP contribution in [0, 0.1) is 13.8 Å². The Hall–Kier alpha value is -1.61. The first kappa shape index (κ1) is 9.60. The smallest absolute Gasteiger partial charge is 0.0811 e. The van der Waals surface area contributed by atoms with Crippen molar-refractivity contribution in [3.8, 4) is 5.69 Å². The lowest BCUT2D eigenvalue weighted by Crippen LogP contribution is -2.05. The summed E-state index contributed by atoms with van der Waals surface area (Å²) in [5.41, 5.74) is 6.23. The van der Waals surface area contributed by atoms with Gasteiger partial charge in [0, 0.05) is 24.8 Å². The number of rotatable bonds is 1. The molecule has 3 heteroatoms. The van der Waals surface area contributed by atoms with Crippen molar-refractivity contribution in [3.05, 3.63) is 46.8 Å². The third-order valence-electron chi connectivity index (χ3n) is 3.10. The molecule has 0 aliphatic carbocycles. The second kappa shape index (κ2) is 3.46. The third kappa shape index (κ3) is 1.44. The molecule has 0 amide bonds. The lowest BCUT2D eigenvalue weighted by Gasteiger charge is -2.07. The summed E-state index contributed by atoms with van der Waals surface area (Å²) >= 11 is 0. The topological polar surface area (TPSA) is 29.9 Å². The van der Waals surface area contributed by atoms with Crippen molar-refractivity contribution in [3.63, 3.8) is 0 Å². The summed E-state index contributed by atoms with van der Waals surface area (Å²) in [5, 5.41) is 7.91. The van der Waals surface area contributed by atoms with Gasteiger partial charge in [0.15, 0.2) is 0 Å². The van der Waals surface area contributed by atoms with Crippen LogP contribution in [0.2, 0.25) is 0 Å². The largest absolute Gasteiger partial charge is 0.307 e. The van der Waals surface area contributed by atoms with Crippen molar-refractivity contribution >= 4 is 0 Å². The molecule has 0 fully saturated rings. The summed E-state index contributed by atoms with van der Waals surface area (Å²) in [6.07, 6.45) is 2.14. The standard InChI is InChI=1S/C13H15N3/c1-9-3-4-10(2)13(5-9)16-8-11-6-14-7-12(11)15-16/h3-5,8,14H,6-7H2,1-2H3. The zero-order valence-electron chi connectivity index (χ0n) is 9.62. The van der Waals surface area contributed by atoms with Gasteiger partial charge in [0.2, 0.25) is 0 Å². The van der Waals surface area contributed by atoms with Crippen LogP contribution < -0.4 is 5.32 Å². The Morgan fingerprint density at radius 3 is 2.94 bits per heavy atom. The fourth-order valence-corrected chi connectivity index (χ4v) is 2.15. The van der Waals surface area contributed by atoms with Crippen LogP contribution in [0.5, 0.6) is 0 Å². The van der Waals surface area contributed by atoms with Gasteiger partial charge in [-0.25, -0.2) is 4.68 Å². The highest BCUT2D eigenvalue weighted by Crippen LogP contribution is 2.19. The van der Waals surface area contributed by atoms with Crippen LogP contribution in [0.15, 0.2) is 24.4 Å². The molecule has 1 aromatic heterocycles. The second-order valence-electron chi connectivity index (χ2n) is 4.44. The maximum absolute atomic E-state index is 4.62. The first-order valence-electron chi connectivity index (χ1n) is 5.60. The Labute approximate surface area is 95.1 Å². The molecule has 0 saturated carbocycles. The van der Waals surface area contributed by atoms with Crippen molar-refractivity contribution in [2.45, 2.75) is 26.9 Å². The lowest BCUT2D eigenvalue weighted by molar-refractivity contribution is 0.720. The average Bonchev–Trinajstić information content (AvgIpc) is 2.81. The molecule has 1 aliphatic rings. The van der Waals surface area contributed by atoms with Gasteiger partial charge in [0.25, 0.3) is 0 Å². The molecule has 2 heterocycles. The summed E-state index contributed by atoms with van der Waals surface area (Å²) in [6.45, 7) is 6.08. The summed E-state index contributed by atoms with van der Waals surface area (Å²) in [5.74, 6) is 0. The highest BCUT2D eigenvalue weighted by atomic mass is 15.3. The van der Waals surface area contributed by atoms with E-state index in [9.17, 15) is 0 Å². The van der Waals surface area contributed by atoms with Crippen LogP contribution in [0.4, 0.5) is 0 Å². The van der Waals surface area contributed by atoms with Crippen LogP contribution >= 0.6 is 0 Å². The van der Waals surface area contributed by atoms with E-state index in [1.165, 1.54) is 28.1 Å². The predicted octanol–water partition coefficient (Wildman–Crippen LogP) is 2.09. The second-order valence-corrected chi connectivity index (χ2v) is 4.44. The zero-order valence-corrected chi connectivity index (χ0v) is 9.62. The molecule has 2 aromatic rings. The van der Waals surface area contributed by atoms with Gasteiger partial charge >= 0.3 is 0 Å². The van der Waals surface area contributed by atoms with Crippen LogP contribution in [-0.4, -0.2) is 9.78 Å². The van der Waals surface area contributed by atoms with Crippen molar-refractivity contribution in [1.29, 1.82) is 0 Å². The highest BCUT2D eigenvalue weighted by Gasteiger charge is 2.15. The Morgan fingerprint density at radius 1 is 1.25 bits per heavy atom. The number of aryl methyl sites for hydroxylation is 2. The van der Waals surface area contributed by atoms with Crippen molar-refractivity contribution in [2.75, 3.05) is 0 Å². The first-order valence-corrected chi connectivity index (χ1v) is 5.60. The molecule has 0 atom stereocenters. The molecule has 0 bridgehead atoms. The van der Waals surface area contributed by atoms with Crippen LogP contribution in [-0.2, 0) is 13.1 Å². The van der Waals surface area contributed by atoms with Gasteiger partial charge in [-0.1, -0.05) is 12.1 Å². The van der Waals surface area contributed by atoms with Gasteiger partial charge in [0.1, 0.15) is 0 Å². The fraction of sp³-hybridized carbons (Fsp3) is 0.308.